The van der Waals surface area contributed by atoms with Gasteiger partial charge in [0.25, 0.3) is 0 Å². The van der Waals surface area contributed by atoms with Gasteiger partial charge in [-0.25, -0.2) is 0 Å². The van der Waals surface area contributed by atoms with Crippen molar-refractivity contribution in [3.8, 4) is 5.75 Å². The van der Waals surface area contributed by atoms with E-state index in [-0.39, 0.29) is 29.1 Å². The van der Waals surface area contributed by atoms with Crippen LogP contribution < -0.4 is 0 Å². The van der Waals surface area contributed by atoms with Gasteiger partial charge in [0.2, 0.25) is 0 Å². The van der Waals surface area contributed by atoms with Crippen molar-refractivity contribution in [2.24, 2.45) is 11.8 Å². The molecule has 0 aromatic heterocycles. The Morgan fingerprint density at radius 3 is 2.12 bits per heavy atom. The number of Topliss-reactive ketones (excluding diaryl/α,β-unsaturated/α-hetero) is 2. The van der Waals surface area contributed by atoms with Gasteiger partial charge in [0.1, 0.15) is 18.5 Å². The molecule has 226 valence electrons. The molecule has 0 radical (unpaired) electrons. The zero-order valence-corrected chi connectivity index (χ0v) is 23.7. The number of aromatic hydroxyl groups is 1. The van der Waals surface area contributed by atoms with Gasteiger partial charge in [0.05, 0.1) is 17.6 Å². The molecule has 0 saturated carbocycles. The van der Waals surface area contributed by atoms with E-state index in [1.165, 1.54) is 18.2 Å². The van der Waals surface area contributed by atoms with E-state index in [1.54, 1.807) is 13.0 Å². The minimum absolute atomic E-state index is 0.113. The number of rotatable bonds is 7. The SMILES string of the molecule is CC(=O)OC[C@H]1O[C@@H](O[C@H]2C=C(C)C[C@H]3C(=O)c4cccc(O)c4C(=O)[C@@H]23)[C@H](OC(C)=O)[C@@H](OC(C)=O)[C@@H]1OC(C)=O. The quantitative estimate of drug-likeness (QED) is 0.277. The smallest absolute Gasteiger partial charge is 0.303 e. The van der Waals surface area contributed by atoms with Crippen molar-refractivity contribution < 1.29 is 62.3 Å². The van der Waals surface area contributed by atoms with Gasteiger partial charge in [-0.1, -0.05) is 23.8 Å². The Hall–Kier alpha value is -4.10. The summed E-state index contributed by atoms with van der Waals surface area (Å²) in [7, 11) is 0. The fraction of sp³-hybridized carbons (Fsp3) is 0.517. The first-order valence-corrected chi connectivity index (χ1v) is 13.3. The summed E-state index contributed by atoms with van der Waals surface area (Å²) in [5.41, 5.74) is 0.727. The first-order chi connectivity index (χ1) is 19.8. The summed E-state index contributed by atoms with van der Waals surface area (Å²) >= 11 is 0. The van der Waals surface area contributed by atoms with Crippen LogP contribution in [0.25, 0.3) is 0 Å². The van der Waals surface area contributed by atoms with E-state index >= 15 is 0 Å². The molecule has 1 aromatic carbocycles. The Morgan fingerprint density at radius 2 is 1.50 bits per heavy atom. The fourth-order valence-corrected chi connectivity index (χ4v) is 5.69. The molecule has 42 heavy (non-hydrogen) atoms. The molecule has 1 saturated heterocycles. The second kappa shape index (κ2) is 12.4. The van der Waals surface area contributed by atoms with Crippen LogP contribution in [0.5, 0.6) is 5.75 Å². The molecule has 1 heterocycles. The summed E-state index contributed by atoms with van der Waals surface area (Å²) in [6, 6.07) is 4.27. The highest BCUT2D eigenvalue weighted by Crippen LogP contribution is 2.44. The topological polar surface area (TPSA) is 178 Å². The molecule has 1 N–H and O–H groups in total. The van der Waals surface area contributed by atoms with Gasteiger partial charge in [-0.15, -0.1) is 0 Å². The largest absolute Gasteiger partial charge is 0.507 e. The highest BCUT2D eigenvalue weighted by Gasteiger charge is 2.55. The van der Waals surface area contributed by atoms with Crippen molar-refractivity contribution in [3.05, 3.63) is 41.0 Å². The van der Waals surface area contributed by atoms with Gasteiger partial charge in [0, 0.05) is 39.2 Å². The second-order valence-electron chi connectivity index (χ2n) is 10.4. The molecule has 8 atom stereocenters. The van der Waals surface area contributed by atoms with E-state index in [0.29, 0.717) is 0 Å². The van der Waals surface area contributed by atoms with Crippen LogP contribution >= 0.6 is 0 Å². The Labute approximate surface area is 241 Å². The summed E-state index contributed by atoms with van der Waals surface area (Å²) in [5.74, 6) is -6.18. The predicted molar refractivity (Wildman–Crippen MR) is 139 cm³/mol. The Balaban J connectivity index is 1.75. The summed E-state index contributed by atoms with van der Waals surface area (Å²) in [6.45, 7) is 5.74. The van der Waals surface area contributed by atoms with Crippen molar-refractivity contribution in [2.75, 3.05) is 6.61 Å². The van der Waals surface area contributed by atoms with E-state index in [2.05, 4.69) is 0 Å². The number of ether oxygens (including phenoxy) is 6. The fourth-order valence-electron chi connectivity index (χ4n) is 5.69. The standard InChI is InChI=1S/C29H32O13/c1-12-9-18-23(25(36)22-17(24(18)35)7-6-8-19(22)34)20(10-12)41-29-28(40-16(5)33)27(39-15(4)32)26(38-14(3)31)21(42-29)11-37-13(2)30/h6-8,10,18,20-21,23,26-29,34H,9,11H2,1-5H3/t18-,20+,21-,23-,26-,27+,28-,29-/m1/s1. The van der Waals surface area contributed by atoms with E-state index < -0.39 is 84.9 Å². The number of ketones is 2. The first kappa shape index (κ1) is 30.8. The molecule has 1 fully saturated rings. The van der Waals surface area contributed by atoms with Gasteiger partial charge >= 0.3 is 23.9 Å². The summed E-state index contributed by atoms with van der Waals surface area (Å²) < 4.78 is 33.6. The lowest BCUT2D eigenvalue weighted by Gasteiger charge is -2.46. The molecule has 13 heteroatoms. The average molecular weight is 589 g/mol. The third-order valence-corrected chi connectivity index (χ3v) is 7.21. The maximum absolute atomic E-state index is 13.7. The van der Waals surface area contributed by atoms with Crippen LogP contribution in [-0.4, -0.2) is 84.0 Å². The third kappa shape index (κ3) is 6.36. The van der Waals surface area contributed by atoms with Gasteiger partial charge in [-0.2, -0.15) is 0 Å². The molecular formula is C29H32O13. The molecule has 1 aromatic rings. The van der Waals surface area contributed by atoms with Crippen molar-refractivity contribution in [2.45, 2.75) is 77.8 Å². The van der Waals surface area contributed by atoms with Crippen molar-refractivity contribution in [3.63, 3.8) is 0 Å². The number of esters is 4. The minimum Gasteiger partial charge on any atom is -0.507 e. The Kier molecular flexibility index (Phi) is 9.12. The van der Waals surface area contributed by atoms with Crippen molar-refractivity contribution >= 4 is 35.4 Å². The predicted octanol–water partition coefficient (Wildman–Crippen LogP) is 1.82. The number of carbonyl (C=O) groups is 6. The van der Waals surface area contributed by atoms with Gasteiger partial charge in [-0.05, 0) is 19.4 Å². The van der Waals surface area contributed by atoms with Crippen LogP contribution in [0.2, 0.25) is 0 Å². The number of phenolic OH excluding ortho intramolecular Hbond substituents is 1. The van der Waals surface area contributed by atoms with Crippen LogP contribution in [0.15, 0.2) is 29.8 Å². The maximum Gasteiger partial charge on any atom is 0.303 e. The maximum atomic E-state index is 13.7. The van der Waals surface area contributed by atoms with Gasteiger partial charge in [0.15, 0.2) is 36.2 Å². The molecule has 2 aliphatic carbocycles. The summed E-state index contributed by atoms with van der Waals surface area (Å²) in [4.78, 5) is 75.1. The normalized spacial score (nSPS) is 30.3. The molecule has 0 amide bonds. The first-order valence-electron chi connectivity index (χ1n) is 13.3. The minimum atomic E-state index is -1.55. The van der Waals surface area contributed by atoms with E-state index in [1.807, 2.05) is 0 Å². The van der Waals surface area contributed by atoms with Crippen LogP contribution in [0.3, 0.4) is 0 Å². The lowest BCUT2D eigenvalue weighted by Crippen LogP contribution is -2.63. The number of phenols is 1. The molecule has 0 unspecified atom stereocenters. The van der Waals surface area contributed by atoms with Gasteiger partial charge in [-0.3, -0.25) is 28.8 Å². The molecule has 4 rings (SSSR count). The summed E-state index contributed by atoms with van der Waals surface area (Å²) in [6.07, 6.45) is -6.37. The third-order valence-electron chi connectivity index (χ3n) is 7.21. The lowest BCUT2D eigenvalue weighted by atomic mass is 9.66. The van der Waals surface area contributed by atoms with Crippen molar-refractivity contribution in [1.82, 2.24) is 0 Å². The number of hydrogen-bond acceptors (Lipinski definition) is 13. The zero-order valence-electron chi connectivity index (χ0n) is 23.7. The van der Waals surface area contributed by atoms with E-state index in [9.17, 15) is 33.9 Å². The molecule has 0 spiro atoms. The molecular weight excluding hydrogens is 556 g/mol. The number of benzene rings is 1. The van der Waals surface area contributed by atoms with Crippen LogP contribution in [0.1, 0.15) is 61.8 Å². The Morgan fingerprint density at radius 1 is 0.881 bits per heavy atom. The number of allylic oxidation sites excluding steroid dienone is 1. The molecule has 0 bridgehead atoms. The highest BCUT2D eigenvalue weighted by molar-refractivity contribution is 6.17. The van der Waals surface area contributed by atoms with Crippen LogP contribution in [0.4, 0.5) is 0 Å². The monoisotopic (exact) mass is 588 g/mol. The molecule has 3 aliphatic rings. The number of carbonyl (C=O) groups excluding carboxylic acids is 6. The van der Waals surface area contributed by atoms with Gasteiger partial charge < -0.3 is 33.5 Å². The Bertz CT molecular complexity index is 1330. The average Bonchev–Trinajstić information content (AvgIpc) is 2.88. The molecule has 1 aliphatic heterocycles. The molecule has 13 nitrogen and oxygen atoms in total. The number of fused-ring (bicyclic) bond motifs is 2. The number of hydrogen-bond donors (Lipinski definition) is 1. The van der Waals surface area contributed by atoms with Crippen LogP contribution in [0, 0.1) is 11.8 Å². The second-order valence-corrected chi connectivity index (χ2v) is 10.4. The lowest BCUT2D eigenvalue weighted by molar-refractivity contribution is -0.316. The summed E-state index contributed by atoms with van der Waals surface area (Å²) in [5, 5.41) is 10.5. The zero-order chi connectivity index (χ0) is 30.9. The highest BCUT2D eigenvalue weighted by atomic mass is 16.7. The van der Waals surface area contributed by atoms with E-state index in [0.717, 1.165) is 33.3 Å². The van der Waals surface area contributed by atoms with Crippen molar-refractivity contribution in [1.29, 1.82) is 0 Å². The van der Waals surface area contributed by atoms with Crippen LogP contribution in [-0.2, 0) is 47.6 Å². The van der Waals surface area contributed by atoms with E-state index in [4.69, 9.17) is 28.4 Å².